The van der Waals surface area contributed by atoms with Gasteiger partial charge < -0.3 is 14.0 Å². The largest absolute Gasteiger partial charge is 0.467 e. The van der Waals surface area contributed by atoms with Crippen molar-refractivity contribution in [3.05, 3.63) is 35.9 Å². The molecule has 2 aromatic rings. The summed E-state index contributed by atoms with van der Waals surface area (Å²) in [4.78, 5) is 9.15. The first-order valence-electron chi connectivity index (χ1n) is 9.17. The third-order valence-corrected chi connectivity index (χ3v) is 4.85. The second-order valence-corrected chi connectivity index (χ2v) is 6.70. The van der Waals surface area contributed by atoms with Crippen molar-refractivity contribution in [1.29, 1.82) is 0 Å². The van der Waals surface area contributed by atoms with Crippen LogP contribution in [0.4, 0.5) is 0 Å². The minimum atomic E-state index is -0.573. The van der Waals surface area contributed by atoms with E-state index in [1.54, 1.807) is 12.3 Å². The van der Waals surface area contributed by atoms with Gasteiger partial charge in [-0.05, 0) is 25.5 Å². The van der Waals surface area contributed by atoms with Crippen LogP contribution in [0.5, 0.6) is 0 Å². The third kappa shape index (κ3) is 4.68. The highest BCUT2D eigenvalue weighted by Crippen LogP contribution is 2.22. The summed E-state index contributed by atoms with van der Waals surface area (Å²) < 4.78 is 10.7. The molecule has 7 nitrogen and oxygen atoms in total. The van der Waals surface area contributed by atoms with Gasteiger partial charge in [0.25, 0.3) is 0 Å². The van der Waals surface area contributed by atoms with Crippen LogP contribution in [0, 0.1) is 0 Å². The molecule has 0 unspecified atom stereocenters. The molecule has 0 bridgehead atoms. The Kier molecular flexibility index (Phi) is 6.23. The number of β-amino-alcohol motifs (C(OH)–C–C–N with tert-alkyl or cyclic N) is 1. The number of aliphatic hydroxyl groups excluding tert-OH is 1. The molecular formula is C18H28N4O3. The molecule has 0 amide bonds. The lowest BCUT2D eigenvalue weighted by Crippen LogP contribution is -2.48. The Morgan fingerprint density at radius 3 is 2.76 bits per heavy atom. The fourth-order valence-electron chi connectivity index (χ4n) is 3.18. The average molecular weight is 348 g/mol. The molecule has 2 atom stereocenters. The van der Waals surface area contributed by atoms with Gasteiger partial charge in [-0.1, -0.05) is 18.5 Å². The van der Waals surface area contributed by atoms with E-state index in [0.717, 1.165) is 51.3 Å². The maximum atomic E-state index is 10.2. The van der Waals surface area contributed by atoms with Gasteiger partial charge in [0.2, 0.25) is 5.89 Å². The Labute approximate surface area is 148 Å². The zero-order chi connectivity index (χ0) is 17.6. The van der Waals surface area contributed by atoms with Gasteiger partial charge in [-0.25, -0.2) is 0 Å². The summed E-state index contributed by atoms with van der Waals surface area (Å²) in [6.07, 6.45) is 4.12. The lowest BCUT2D eigenvalue weighted by atomic mass is 10.2. The van der Waals surface area contributed by atoms with E-state index in [9.17, 15) is 5.11 Å². The first kappa shape index (κ1) is 18.1. The molecule has 1 saturated heterocycles. The molecule has 0 aliphatic carbocycles. The van der Waals surface area contributed by atoms with Crippen molar-refractivity contribution in [2.45, 2.75) is 45.3 Å². The van der Waals surface area contributed by atoms with E-state index in [4.69, 9.17) is 8.94 Å². The zero-order valence-electron chi connectivity index (χ0n) is 15.1. The van der Waals surface area contributed by atoms with Gasteiger partial charge in [-0.2, -0.15) is 4.98 Å². The molecule has 1 fully saturated rings. The van der Waals surface area contributed by atoms with Crippen molar-refractivity contribution < 1.29 is 14.0 Å². The van der Waals surface area contributed by atoms with Gasteiger partial charge in [-0.3, -0.25) is 9.80 Å². The minimum Gasteiger partial charge on any atom is -0.467 e. The van der Waals surface area contributed by atoms with Gasteiger partial charge >= 0.3 is 0 Å². The number of nitrogens with zero attached hydrogens (tertiary/aromatic N) is 4. The molecule has 0 radical (unpaired) electrons. The number of rotatable bonds is 8. The molecule has 0 saturated carbocycles. The molecule has 1 N–H and O–H groups in total. The van der Waals surface area contributed by atoms with Crippen molar-refractivity contribution in [3.63, 3.8) is 0 Å². The SMILES string of the molecule is CCCCc1noc([C@H](C)N2CCN(C[C@H](O)c3ccco3)CC2)n1. The summed E-state index contributed by atoms with van der Waals surface area (Å²) in [6.45, 7) is 8.50. The molecule has 3 heterocycles. The van der Waals surface area contributed by atoms with Crippen LogP contribution >= 0.6 is 0 Å². The summed E-state index contributed by atoms with van der Waals surface area (Å²) in [5, 5.41) is 14.3. The lowest BCUT2D eigenvalue weighted by Gasteiger charge is -2.37. The van der Waals surface area contributed by atoms with Crippen molar-refractivity contribution in [1.82, 2.24) is 19.9 Å². The van der Waals surface area contributed by atoms with Gasteiger partial charge in [0.05, 0.1) is 12.3 Å². The van der Waals surface area contributed by atoms with Crippen molar-refractivity contribution >= 4 is 0 Å². The second-order valence-electron chi connectivity index (χ2n) is 6.70. The number of hydrogen-bond acceptors (Lipinski definition) is 7. The predicted octanol–water partition coefficient (Wildman–Crippen LogP) is 2.42. The number of aromatic nitrogens is 2. The van der Waals surface area contributed by atoms with Crippen LogP contribution in [0.15, 0.2) is 27.3 Å². The number of unbranched alkanes of at least 4 members (excludes halogenated alkanes) is 1. The first-order valence-corrected chi connectivity index (χ1v) is 9.17. The summed E-state index contributed by atoms with van der Waals surface area (Å²) >= 11 is 0. The monoisotopic (exact) mass is 348 g/mol. The van der Waals surface area contributed by atoms with Gasteiger partial charge in [0.1, 0.15) is 11.9 Å². The standard InChI is InChI=1S/C18H28N4O3/c1-3-4-7-17-19-18(25-20-17)14(2)22-10-8-21(9-11-22)13-15(23)16-6-5-12-24-16/h5-6,12,14-15,23H,3-4,7-11,13H2,1-2H3/t14-,15-/m0/s1. The zero-order valence-corrected chi connectivity index (χ0v) is 15.1. The van der Waals surface area contributed by atoms with E-state index in [1.165, 1.54) is 0 Å². The second kappa shape index (κ2) is 8.60. The Morgan fingerprint density at radius 2 is 2.08 bits per heavy atom. The van der Waals surface area contributed by atoms with E-state index in [2.05, 4.69) is 33.8 Å². The summed E-state index contributed by atoms with van der Waals surface area (Å²) in [5.41, 5.74) is 0. The number of hydrogen-bond donors (Lipinski definition) is 1. The van der Waals surface area contributed by atoms with E-state index >= 15 is 0 Å². The van der Waals surface area contributed by atoms with Crippen LogP contribution in [0.25, 0.3) is 0 Å². The van der Waals surface area contributed by atoms with Crippen LogP contribution in [-0.4, -0.2) is 57.8 Å². The van der Waals surface area contributed by atoms with Crippen LogP contribution < -0.4 is 0 Å². The van der Waals surface area contributed by atoms with E-state index in [0.29, 0.717) is 18.2 Å². The highest BCUT2D eigenvalue weighted by atomic mass is 16.5. The maximum Gasteiger partial charge on any atom is 0.243 e. The molecular weight excluding hydrogens is 320 g/mol. The fourth-order valence-corrected chi connectivity index (χ4v) is 3.18. The number of aryl methyl sites for hydroxylation is 1. The molecule has 7 heteroatoms. The van der Waals surface area contributed by atoms with E-state index in [1.807, 2.05) is 6.07 Å². The topological polar surface area (TPSA) is 78.8 Å². The molecule has 25 heavy (non-hydrogen) atoms. The first-order chi connectivity index (χ1) is 12.2. The smallest absolute Gasteiger partial charge is 0.243 e. The maximum absolute atomic E-state index is 10.2. The summed E-state index contributed by atoms with van der Waals surface area (Å²) in [6, 6.07) is 3.74. The Morgan fingerprint density at radius 1 is 1.28 bits per heavy atom. The number of furan rings is 1. The average Bonchev–Trinajstić information content (AvgIpc) is 3.32. The molecule has 0 spiro atoms. The number of aliphatic hydroxyl groups is 1. The van der Waals surface area contributed by atoms with Crippen molar-refractivity contribution in [3.8, 4) is 0 Å². The van der Waals surface area contributed by atoms with Gasteiger partial charge in [-0.15, -0.1) is 0 Å². The summed E-state index contributed by atoms with van der Waals surface area (Å²) in [5.74, 6) is 2.14. The van der Waals surface area contributed by atoms with Crippen LogP contribution in [0.1, 0.15) is 56.3 Å². The van der Waals surface area contributed by atoms with Gasteiger partial charge in [0.15, 0.2) is 5.82 Å². The highest BCUT2D eigenvalue weighted by Gasteiger charge is 2.27. The Bertz CT molecular complexity index is 620. The Balaban J connectivity index is 1.47. The van der Waals surface area contributed by atoms with E-state index in [-0.39, 0.29) is 6.04 Å². The predicted molar refractivity (Wildman–Crippen MR) is 93.0 cm³/mol. The molecule has 2 aromatic heterocycles. The quantitative estimate of drug-likeness (QED) is 0.785. The van der Waals surface area contributed by atoms with Crippen LogP contribution in [-0.2, 0) is 6.42 Å². The van der Waals surface area contributed by atoms with Crippen LogP contribution in [0.3, 0.4) is 0 Å². The Hall–Kier alpha value is -1.70. The molecule has 1 aliphatic heterocycles. The number of piperazine rings is 1. The molecule has 3 rings (SSSR count). The molecule has 138 valence electrons. The van der Waals surface area contributed by atoms with Crippen molar-refractivity contribution in [2.75, 3.05) is 32.7 Å². The fraction of sp³-hybridized carbons (Fsp3) is 0.667. The molecule has 0 aromatic carbocycles. The van der Waals surface area contributed by atoms with Crippen LogP contribution in [0.2, 0.25) is 0 Å². The minimum absolute atomic E-state index is 0.125. The van der Waals surface area contributed by atoms with E-state index < -0.39 is 6.10 Å². The summed E-state index contributed by atoms with van der Waals surface area (Å²) in [7, 11) is 0. The lowest BCUT2D eigenvalue weighted by molar-refractivity contribution is 0.0452. The van der Waals surface area contributed by atoms with Gasteiger partial charge in [0, 0.05) is 39.1 Å². The molecule has 1 aliphatic rings. The highest BCUT2D eigenvalue weighted by molar-refractivity contribution is 5.02. The van der Waals surface area contributed by atoms with Crippen molar-refractivity contribution in [2.24, 2.45) is 0 Å². The normalized spacial score (nSPS) is 19.2. The third-order valence-electron chi connectivity index (χ3n) is 4.85.